The zero-order valence-corrected chi connectivity index (χ0v) is 16.5. The molecule has 0 atom stereocenters. The molecule has 4 aromatic rings. The largest absolute Gasteiger partial charge is 0.339 e. The van der Waals surface area contributed by atoms with Crippen LogP contribution in [0.4, 0.5) is 0 Å². The second-order valence-electron chi connectivity index (χ2n) is 7.02. The Hall–Kier alpha value is -3.00. The molecule has 8 heteroatoms. The van der Waals surface area contributed by atoms with E-state index in [-0.39, 0.29) is 5.56 Å². The molecular weight excluding hydrogens is 386 g/mol. The lowest BCUT2D eigenvalue weighted by Crippen LogP contribution is -2.22. The van der Waals surface area contributed by atoms with Gasteiger partial charge in [-0.05, 0) is 43.5 Å². The van der Waals surface area contributed by atoms with E-state index in [4.69, 9.17) is 9.51 Å². The average molecular weight is 405 g/mol. The van der Waals surface area contributed by atoms with Gasteiger partial charge in [0.1, 0.15) is 0 Å². The van der Waals surface area contributed by atoms with Gasteiger partial charge in [-0.1, -0.05) is 29.1 Å². The second kappa shape index (κ2) is 7.79. The Morgan fingerprint density at radius 1 is 1.10 bits per heavy atom. The minimum absolute atomic E-state index is 0.0690. The smallest absolute Gasteiger partial charge is 0.262 e. The highest BCUT2D eigenvalue weighted by Gasteiger charge is 2.28. The van der Waals surface area contributed by atoms with Crippen molar-refractivity contribution in [1.82, 2.24) is 24.7 Å². The number of benzene rings is 1. The molecule has 0 amide bonds. The molecule has 7 nitrogen and oxygen atoms in total. The molecule has 1 aliphatic rings. The molecule has 3 aromatic heterocycles. The zero-order valence-electron chi connectivity index (χ0n) is 15.7. The van der Waals surface area contributed by atoms with Crippen LogP contribution in [0.15, 0.2) is 63.3 Å². The third kappa shape index (κ3) is 3.80. The fraction of sp³-hybridized carbons (Fsp3) is 0.286. The van der Waals surface area contributed by atoms with Crippen molar-refractivity contribution in [1.29, 1.82) is 0 Å². The Kier molecular flexibility index (Phi) is 4.85. The number of nitrogens with zero attached hydrogens (tertiary/aromatic N) is 5. The van der Waals surface area contributed by atoms with Crippen LogP contribution < -0.4 is 5.56 Å². The van der Waals surface area contributed by atoms with Gasteiger partial charge < -0.3 is 4.52 Å². The van der Waals surface area contributed by atoms with Crippen molar-refractivity contribution >= 4 is 22.7 Å². The summed E-state index contributed by atoms with van der Waals surface area (Å²) in [5.74, 6) is 2.02. The number of pyridine rings is 1. The van der Waals surface area contributed by atoms with Crippen molar-refractivity contribution in [3.63, 3.8) is 0 Å². The van der Waals surface area contributed by atoms with Crippen LogP contribution >= 0.6 is 11.8 Å². The van der Waals surface area contributed by atoms with E-state index in [9.17, 15) is 4.79 Å². The third-order valence-corrected chi connectivity index (χ3v) is 5.90. The molecule has 5 rings (SSSR count). The molecule has 1 saturated carbocycles. The molecular formula is C21H19N5O2S. The maximum atomic E-state index is 12.9. The number of rotatable bonds is 7. The first-order chi connectivity index (χ1) is 14.3. The number of fused-ring (bicyclic) bond motifs is 1. The fourth-order valence-electron chi connectivity index (χ4n) is 3.24. The third-order valence-electron chi connectivity index (χ3n) is 4.86. The van der Waals surface area contributed by atoms with Crippen LogP contribution in [0.1, 0.15) is 31.2 Å². The van der Waals surface area contributed by atoms with Gasteiger partial charge in [-0.25, -0.2) is 4.98 Å². The SMILES string of the molecule is O=c1c2ccccc2nc(SCCCc2nc(-c3ccncc3)no2)n1C1CC1. The van der Waals surface area contributed by atoms with Crippen molar-refractivity contribution < 1.29 is 4.52 Å². The van der Waals surface area contributed by atoms with Crippen molar-refractivity contribution in [2.45, 2.75) is 36.9 Å². The van der Waals surface area contributed by atoms with Gasteiger partial charge in [-0.3, -0.25) is 14.3 Å². The van der Waals surface area contributed by atoms with E-state index in [0.717, 1.165) is 41.3 Å². The van der Waals surface area contributed by atoms with Crippen LogP contribution in [0.5, 0.6) is 0 Å². The summed E-state index contributed by atoms with van der Waals surface area (Å²) in [6.45, 7) is 0. The van der Waals surface area contributed by atoms with E-state index in [0.29, 0.717) is 29.6 Å². The highest BCUT2D eigenvalue weighted by atomic mass is 32.2. The molecule has 0 unspecified atom stereocenters. The monoisotopic (exact) mass is 405 g/mol. The Balaban J connectivity index is 1.27. The summed E-state index contributed by atoms with van der Waals surface area (Å²) in [5, 5.41) is 5.53. The van der Waals surface area contributed by atoms with E-state index >= 15 is 0 Å². The normalized spacial score (nSPS) is 13.8. The number of hydrogen-bond donors (Lipinski definition) is 0. The summed E-state index contributed by atoms with van der Waals surface area (Å²) < 4.78 is 7.23. The van der Waals surface area contributed by atoms with Crippen LogP contribution in [0.25, 0.3) is 22.3 Å². The Morgan fingerprint density at radius 3 is 2.76 bits per heavy atom. The molecule has 0 spiro atoms. The van der Waals surface area contributed by atoms with Gasteiger partial charge in [-0.2, -0.15) is 4.98 Å². The average Bonchev–Trinajstić information content (AvgIpc) is 3.48. The lowest BCUT2D eigenvalue weighted by Gasteiger charge is -2.11. The first kappa shape index (κ1) is 18.1. The Bertz CT molecular complexity index is 1200. The molecule has 0 saturated heterocycles. The Labute approximate surface area is 171 Å². The van der Waals surface area contributed by atoms with Crippen LogP contribution in [0.3, 0.4) is 0 Å². The summed E-state index contributed by atoms with van der Waals surface area (Å²) in [7, 11) is 0. The highest BCUT2D eigenvalue weighted by molar-refractivity contribution is 7.99. The molecule has 3 heterocycles. The number of aryl methyl sites for hydroxylation is 1. The minimum Gasteiger partial charge on any atom is -0.339 e. The highest BCUT2D eigenvalue weighted by Crippen LogP contribution is 2.37. The van der Waals surface area contributed by atoms with Crippen molar-refractivity contribution in [3.8, 4) is 11.4 Å². The second-order valence-corrected chi connectivity index (χ2v) is 8.08. The molecule has 0 aliphatic heterocycles. The van der Waals surface area contributed by atoms with Crippen LogP contribution in [0.2, 0.25) is 0 Å². The van der Waals surface area contributed by atoms with Gasteiger partial charge in [0, 0.05) is 36.2 Å². The Morgan fingerprint density at radius 2 is 1.93 bits per heavy atom. The molecule has 1 aliphatic carbocycles. The summed E-state index contributed by atoms with van der Waals surface area (Å²) in [4.78, 5) is 26.1. The van der Waals surface area contributed by atoms with E-state index in [1.807, 2.05) is 41.0 Å². The van der Waals surface area contributed by atoms with Gasteiger partial charge in [0.2, 0.25) is 11.7 Å². The molecule has 0 radical (unpaired) electrons. The van der Waals surface area contributed by atoms with Crippen molar-refractivity contribution in [2.24, 2.45) is 0 Å². The first-order valence-electron chi connectivity index (χ1n) is 9.66. The predicted molar refractivity (Wildman–Crippen MR) is 111 cm³/mol. The lowest BCUT2D eigenvalue weighted by atomic mass is 10.2. The quantitative estimate of drug-likeness (QED) is 0.262. The van der Waals surface area contributed by atoms with E-state index in [1.165, 1.54) is 0 Å². The number of hydrogen-bond acceptors (Lipinski definition) is 7. The summed E-state index contributed by atoms with van der Waals surface area (Å²) in [5.41, 5.74) is 1.72. The summed E-state index contributed by atoms with van der Waals surface area (Å²) in [6, 6.07) is 11.6. The van der Waals surface area contributed by atoms with Gasteiger partial charge in [0.05, 0.1) is 10.9 Å². The number of thioether (sulfide) groups is 1. The van der Waals surface area contributed by atoms with E-state index in [2.05, 4.69) is 15.1 Å². The van der Waals surface area contributed by atoms with Crippen molar-refractivity contribution in [2.75, 3.05) is 5.75 Å². The molecule has 1 fully saturated rings. The van der Waals surface area contributed by atoms with Crippen molar-refractivity contribution in [3.05, 3.63) is 65.0 Å². The van der Waals surface area contributed by atoms with Gasteiger partial charge in [0.15, 0.2) is 5.16 Å². The molecule has 29 heavy (non-hydrogen) atoms. The van der Waals surface area contributed by atoms with Crippen LogP contribution in [-0.4, -0.2) is 30.4 Å². The standard InChI is InChI=1S/C21H19N5O2S/c27-20-16-4-1-2-5-17(16)23-21(26(20)15-7-8-15)29-13-3-6-18-24-19(25-28-18)14-9-11-22-12-10-14/h1-2,4-5,9-12,15H,3,6-8,13H2. The van der Waals surface area contributed by atoms with E-state index < -0.39 is 0 Å². The maximum Gasteiger partial charge on any atom is 0.262 e. The molecule has 1 aromatic carbocycles. The topological polar surface area (TPSA) is 86.7 Å². The number of aromatic nitrogens is 5. The van der Waals surface area contributed by atoms with Gasteiger partial charge in [0.25, 0.3) is 5.56 Å². The van der Waals surface area contributed by atoms with Crippen LogP contribution in [0, 0.1) is 0 Å². The first-order valence-corrected chi connectivity index (χ1v) is 10.7. The van der Waals surface area contributed by atoms with Gasteiger partial charge in [-0.15, -0.1) is 0 Å². The minimum atomic E-state index is 0.0690. The fourth-order valence-corrected chi connectivity index (χ4v) is 4.25. The molecule has 146 valence electrons. The van der Waals surface area contributed by atoms with Gasteiger partial charge >= 0.3 is 0 Å². The lowest BCUT2D eigenvalue weighted by molar-refractivity contribution is 0.378. The zero-order chi connectivity index (χ0) is 19.6. The van der Waals surface area contributed by atoms with Crippen LogP contribution in [-0.2, 0) is 6.42 Å². The maximum absolute atomic E-state index is 12.9. The molecule has 0 N–H and O–H groups in total. The summed E-state index contributed by atoms with van der Waals surface area (Å²) >= 11 is 1.62. The van der Waals surface area contributed by atoms with E-state index in [1.54, 1.807) is 24.2 Å². The predicted octanol–water partition coefficient (Wildman–Crippen LogP) is 3.90. The number of para-hydroxylation sites is 1. The summed E-state index contributed by atoms with van der Waals surface area (Å²) in [6.07, 6.45) is 7.05. The molecule has 0 bridgehead atoms.